The normalized spacial score (nSPS) is 27.4. The fourth-order valence-electron chi connectivity index (χ4n) is 0.875. The summed E-state index contributed by atoms with van der Waals surface area (Å²) in [7, 11) is 0. The lowest BCUT2D eigenvalue weighted by Crippen LogP contribution is -2.34. The van der Waals surface area contributed by atoms with Crippen molar-refractivity contribution in [1.82, 2.24) is 0 Å². The van der Waals surface area contributed by atoms with Crippen molar-refractivity contribution in [1.29, 1.82) is 0 Å². The summed E-state index contributed by atoms with van der Waals surface area (Å²) in [5.41, 5.74) is 5.57. The minimum atomic E-state index is -0.317. The summed E-state index contributed by atoms with van der Waals surface area (Å²) in [6.07, 6.45) is 2.11. The molecule has 2 unspecified atom stereocenters. The van der Waals surface area contributed by atoms with Crippen molar-refractivity contribution in [2.24, 2.45) is 11.7 Å². The van der Waals surface area contributed by atoms with Crippen LogP contribution in [0.2, 0.25) is 0 Å². The molecular formula is C6H13NO. The average Bonchev–Trinajstić information content (AvgIpc) is 2.43. The Balaban J connectivity index is 2.22. The van der Waals surface area contributed by atoms with E-state index < -0.39 is 0 Å². The van der Waals surface area contributed by atoms with Gasteiger partial charge in [-0.25, -0.2) is 0 Å². The molecule has 2 atom stereocenters. The summed E-state index contributed by atoms with van der Waals surface area (Å²) < 4.78 is 0. The summed E-state index contributed by atoms with van der Waals surface area (Å²) in [6.45, 7) is 1.75. The molecule has 0 spiro atoms. The fourth-order valence-corrected chi connectivity index (χ4v) is 0.875. The Morgan fingerprint density at radius 1 is 1.62 bits per heavy atom. The number of hydrogen-bond acceptors (Lipinski definition) is 2. The SMILES string of the molecule is CC(O)C(N)C1CC1. The van der Waals surface area contributed by atoms with Gasteiger partial charge >= 0.3 is 0 Å². The summed E-state index contributed by atoms with van der Waals surface area (Å²) >= 11 is 0. The molecule has 3 N–H and O–H groups in total. The molecule has 2 nitrogen and oxygen atoms in total. The predicted molar refractivity (Wildman–Crippen MR) is 32.4 cm³/mol. The van der Waals surface area contributed by atoms with E-state index in [0.29, 0.717) is 5.92 Å². The molecular weight excluding hydrogens is 102 g/mol. The minimum Gasteiger partial charge on any atom is -0.392 e. The van der Waals surface area contributed by atoms with Crippen molar-refractivity contribution in [3.05, 3.63) is 0 Å². The highest BCUT2D eigenvalue weighted by atomic mass is 16.3. The third-order valence-electron chi connectivity index (χ3n) is 1.72. The maximum absolute atomic E-state index is 8.91. The number of hydrogen-bond donors (Lipinski definition) is 2. The molecule has 1 aliphatic rings. The Morgan fingerprint density at radius 2 is 2.12 bits per heavy atom. The minimum absolute atomic E-state index is 0.0370. The van der Waals surface area contributed by atoms with Crippen LogP contribution < -0.4 is 5.73 Å². The molecule has 0 heterocycles. The molecule has 1 saturated carbocycles. The van der Waals surface area contributed by atoms with Crippen molar-refractivity contribution in [3.63, 3.8) is 0 Å². The van der Waals surface area contributed by atoms with Crippen molar-refractivity contribution < 1.29 is 5.11 Å². The molecule has 1 rings (SSSR count). The topological polar surface area (TPSA) is 46.2 Å². The van der Waals surface area contributed by atoms with E-state index in [-0.39, 0.29) is 12.1 Å². The Hall–Kier alpha value is -0.0800. The third kappa shape index (κ3) is 1.20. The molecule has 2 heteroatoms. The molecule has 0 aromatic rings. The van der Waals surface area contributed by atoms with Crippen LogP contribution in [0.15, 0.2) is 0 Å². The monoisotopic (exact) mass is 115 g/mol. The van der Waals surface area contributed by atoms with Gasteiger partial charge in [0.05, 0.1) is 6.10 Å². The van der Waals surface area contributed by atoms with E-state index in [9.17, 15) is 0 Å². The number of aliphatic hydroxyl groups excluding tert-OH is 1. The lowest BCUT2D eigenvalue weighted by molar-refractivity contribution is 0.154. The summed E-state index contributed by atoms with van der Waals surface area (Å²) in [4.78, 5) is 0. The van der Waals surface area contributed by atoms with Gasteiger partial charge in [0.2, 0.25) is 0 Å². The van der Waals surface area contributed by atoms with Gasteiger partial charge in [-0.15, -0.1) is 0 Å². The van der Waals surface area contributed by atoms with E-state index in [4.69, 9.17) is 10.8 Å². The zero-order valence-electron chi connectivity index (χ0n) is 5.17. The molecule has 0 aromatic heterocycles. The standard InChI is InChI=1S/C6H13NO/c1-4(8)6(7)5-2-3-5/h4-6,8H,2-3,7H2,1H3. The third-order valence-corrected chi connectivity index (χ3v) is 1.72. The van der Waals surface area contributed by atoms with Crippen molar-refractivity contribution in [3.8, 4) is 0 Å². The van der Waals surface area contributed by atoms with E-state index in [1.807, 2.05) is 0 Å². The van der Waals surface area contributed by atoms with Crippen LogP contribution in [0, 0.1) is 5.92 Å². The molecule has 0 aromatic carbocycles. The zero-order valence-corrected chi connectivity index (χ0v) is 5.17. The van der Waals surface area contributed by atoms with Crippen LogP contribution >= 0.6 is 0 Å². The van der Waals surface area contributed by atoms with Gasteiger partial charge in [0, 0.05) is 6.04 Å². The van der Waals surface area contributed by atoms with Crippen LogP contribution in [0.4, 0.5) is 0 Å². The number of aliphatic hydroxyl groups is 1. The molecule has 0 bridgehead atoms. The van der Waals surface area contributed by atoms with E-state index in [2.05, 4.69) is 0 Å². The van der Waals surface area contributed by atoms with Gasteiger partial charge in [-0.2, -0.15) is 0 Å². The van der Waals surface area contributed by atoms with Gasteiger partial charge in [-0.1, -0.05) is 0 Å². The predicted octanol–water partition coefficient (Wildman–Crippen LogP) is 0.104. The first-order valence-corrected chi connectivity index (χ1v) is 3.15. The van der Waals surface area contributed by atoms with Crippen LogP contribution in [0.3, 0.4) is 0 Å². The van der Waals surface area contributed by atoms with Gasteiger partial charge in [-0.3, -0.25) is 0 Å². The summed E-state index contributed by atoms with van der Waals surface area (Å²) in [5.74, 6) is 0.620. The number of nitrogens with two attached hydrogens (primary N) is 1. The highest BCUT2D eigenvalue weighted by molar-refractivity contribution is 4.86. The molecule has 1 fully saturated rings. The van der Waals surface area contributed by atoms with Crippen molar-refractivity contribution >= 4 is 0 Å². The van der Waals surface area contributed by atoms with Gasteiger partial charge in [-0.05, 0) is 25.7 Å². The Kier molecular flexibility index (Phi) is 1.54. The molecule has 1 aliphatic carbocycles. The fraction of sp³-hybridized carbons (Fsp3) is 1.00. The molecule has 48 valence electrons. The number of rotatable bonds is 2. The lowest BCUT2D eigenvalue weighted by Gasteiger charge is -2.11. The van der Waals surface area contributed by atoms with Crippen molar-refractivity contribution in [2.75, 3.05) is 0 Å². The Labute approximate surface area is 49.7 Å². The van der Waals surface area contributed by atoms with Crippen LogP contribution in [-0.2, 0) is 0 Å². The first-order valence-electron chi connectivity index (χ1n) is 3.15. The smallest absolute Gasteiger partial charge is 0.0665 e. The van der Waals surface area contributed by atoms with E-state index in [1.165, 1.54) is 12.8 Å². The van der Waals surface area contributed by atoms with Gasteiger partial charge in [0.1, 0.15) is 0 Å². The van der Waals surface area contributed by atoms with Crippen LogP contribution in [0.1, 0.15) is 19.8 Å². The first-order chi connectivity index (χ1) is 3.72. The van der Waals surface area contributed by atoms with Gasteiger partial charge in [0.15, 0.2) is 0 Å². The molecule has 0 radical (unpaired) electrons. The second-order valence-corrected chi connectivity index (χ2v) is 2.66. The second kappa shape index (κ2) is 2.03. The van der Waals surface area contributed by atoms with Crippen LogP contribution in [0.5, 0.6) is 0 Å². The quantitative estimate of drug-likeness (QED) is 0.536. The largest absolute Gasteiger partial charge is 0.392 e. The molecule has 0 saturated heterocycles. The molecule has 0 amide bonds. The average molecular weight is 115 g/mol. The molecule has 8 heavy (non-hydrogen) atoms. The maximum Gasteiger partial charge on any atom is 0.0665 e. The van der Waals surface area contributed by atoms with Crippen LogP contribution in [-0.4, -0.2) is 17.3 Å². The summed E-state index contributed by atoms with van der Waals surface area (Å²) in [6, 6.07) is 0.0370. The highest BCUT2D eigenvalue weighted by Gasteiger charge is 2.30. The Morgan fingerprint density at radius 3 is 2.25 bits per heavy atom. The lowest BCUT2D eigenvalue weighted by atomic mass is 10.1. The van der Waals surface area contributed by atoms with E-state index in [1.54, 1.807) is 6.92 Å². The Bertz CT molecular complexity index is 76.6. The maximum atomic E-state index is 8.91. The second-order valence-electron chi connectivity index (χ2n) is 2.66. The molecule has 0 aliphatic heterocycles. The van der Waals surface area contributed by atoms with Crippen LogP contribution in [0.25, 0.3) is 0 Å². The van der Waals surface area contributed by atoms with E-state index >= 15 is 0 Å². The summed E-state index contributed by atoms with van der Waals surface area (Å²) in [5, 5.41) is 8.91. The van der Waals surface area contributed by atoms with E-state index in [0.717, 1.165) is 0 Å². The van der Waals surface area contributed by atoms with Crippen molar-refractivity contribution in [2.45, 2.75) is 31.9 Å². The van der Waals surface area contributed by atoms with Gasteiger partial charge < -0.3 is 10.8 Å². The first kappa shape index (κ1) is 6.05. The highest BCUT2D eigenvalue weighted by Crippen LogP contribution is 2.32. The zero-order chi connectivity index (χ0) is 6.15. The van der Waals surface area contributed by atoms with Gasteiger partial charge in [0.25, 0.3) is 0 Å².